The second-order valence-corrected chi connectivity index (χ2v) is 7.10. The van der Waals surface area contributed by atoms with Crippen LogP contribution in [-0.2, 0) is 17.8 Å². The number of thiophene rings is 1. The van der Waals surface area contributed by atoms with E-state index in [-0.39, 0.29) is 5.91 Å². The van der Waals surface area contributed by atoms with Crippen LogP contribution in [0.1, 0.15) is 17.9 Å². The van der Waals surface area contributed by atoms with Gasteiger partial charge in [0.05, 0.1) is 6.54 Å². The summed E-state index contributed by atoms with van der Waals surface area (Å²) >= 11 is 1.58. The number of rotatable bonds is 7. The third kappa shape index (κ3) is 4.35. The first kappa shape index (κ1) is 18.1. The Morgan fingerprint density at radius 3 is 2.46 bits per heavy atom. The molecule has 0 unspecified atom stereocenters. The Kier molecular flexibility index (Phi) is 5.58. The van der Waals surface area contributed by atoms with E-state index in [2.05, 4.69) is 10.1 Å². The molecule has 0 aliphatic carbocycles. The van der Waals surface area contributed by atoms with E-state index < -0.39 is 0 Å². The van der Waals surface area contributed by atoms with E-state index in [9.17, 15) is 4.79 Å². The number of anilines is 1. The molecular formula is C22H19N3O2S. The van der Waals surface area contributed by atoms with Gasteiger partial charge in [0, 0.05) is 29.5 Å². The molecule has 2 aromatic carbocycles. The van der Waals surface area contributed by atoms with Crippen molar-refractivity contribution < 1.29 is 9.32 Å². The zero-order valence-electron chi connectivity index (χ0n) is 15.2. The number of hydrogen-bond acceptors (Lipinski definition) is 5. The summed E-state index contributed by atoms with van der Waals surface area (Å²) in [5.41, 5.74) is 2.89. The van der Waals surface area contributed by atoms with Gasteiger partial charge in [0.1, 0.15) is 0 Å². The molecule has 4 rings (SSSR count). The van der Waals surface area contributed by atoms with Crippen molar-refractivity contribution in [3.63, 3.8) is 0 Å². The van der Waals surface area contributed by atoms with Crippen LogP contribution in [0.15, 0.2) is 82.0 Å². The molecule has 4 aromatic rings. The van der Waals surface area contributed by atoms with Crippen LogP contribution in [0.3, 0.4) is 0 Å². The van der Waals surface area contributed by atoms with E-state index in [0.717, 1.165) is 16.8 Å². The number of amides is 1. The maximum absolute atomic E-state index is 13.0. The summed E-state index contributed by atoms with van der Waals surface area (Å²) in [5.74, 6) is 1.06. The Hall–Kier alpha value is -3.25. The molecular weight excluding hydrogens is 370 g/mol. The quantitative estimate of drug-likeness (QED) is 0.448. The van der Waals surface area contributed by atoms with Crippen molar-refractivity contribution in [2.24, 2.45) is 0 Å². The minimum absolute atomic E-state index is 0.0188. The highest BCUT2D eigenvalue weighted by molar-refractivity contribution is 7.08. The average molecular weight is 389 g/mol. The Bertz CT molecular complexity index is 1010. The Balaban J connectivity index is 1.46. The zero-order valence-corrected chi connectivity index (χ0v) is 16.0. The normalized spacial score (nSPS) is 10.7. The fourth-order valence-corrected chi connectivity index (χ4v) is 3.55. The summed E-state index contributed by atoms with van der Waals surface area (Å²) in [6.07, 6.45) is 0.709. The standard InChI is InChI=1S/C22H19N3O2S/c26-21(12-11-20-23-22(24-27-20)18-13-14-28-16-18)25(19-9-5-2-6-10-19)15-17-7-3-1-4-8-17/h1-10,13-14,16H,11-12,15H2. The zero-order chi connectivity index (χ0) is 19.2. The molecule has 2 aromatic heterocycles. The number of carbonyl (C=O) groups excluding carboxylic acids is 1. The van der Waals surface area contributed by atoms with Gasteiger partial charge in [-0.25, -0.2) is 0 Å². The van der Waals surface area contributed by atoms with Crippen molar-refractivity contribution in [2.45, 2.75) is 19.4 Å². The van der Waals surface area contributed by atoms with Crippen LogP contribution in [0, 0.1) is 0 Å². The Morgan fingerprint density at radius 2 is 1.75 bits per heavy atom. The molecule has 140 valence electrons. The fourth-order valence-electron chi connectivity index (χ4n) is 2.91. The van der Waals surface area contributed by atoms with E-state index in [1.165, 1.54) is 0 Å². The highest BCUT2D eigenvalue weighted by Crippen LogP contribution is 2.21. The molecule has 6 heteroatoms. The van der Waals surface area contributed by atoms with Crippen LogP contribution in [0.5, 0.6) is 0 Å². The van der Waals surface area contributed by atoms with Crippen molar-refractivity contribution in [2.75, 3.05) is 4.90 Å². The lowest BCUT2D eigenvalue weighted by Gasteiger charge is -2.23. The van der Waals surface area contributed by atoms with Gasteiger partial charge in [0.25, 0.3) is 0 Å². The summed E-state index contributed by atoms with van der Waals surface area (Å²) in [6.45, 7) is 0.522. The van der Waals surface area contributed by atoms with Crippen LogP contribution in [0.25, 0.3) is 11.4 Å². The molecule has 0 bridgehead atoms. The van der Waals surface area contributed by atoms with Crippen molar-refractivity contribution >= 4 is 22.9 Å². The number of hydrogen-bond donors (Lipinski definition) is 0. The Morgan fingerprint density at radius 1 is 1.00 bits per heavy atom. The molecule has 0 aliphatic heterocycles. The molecule has 2 heterocycles. The minimum Gasteiger partial charge on any atom is -0.339 e. The number of nitrogens with zero attached hydrogens (tertiary/aromatic N) is 3. The Labute approximate surface area is 167 Å². The SMILES string of the molecule is O=C(CCc1nc(-c2ccsc2)no1)N(Cc1ccccc1)c1ccccc1. The first-order valence-electron chi connectivity index (χ1n) is 9.04. The van der Waals surface area contributed by atoms with Crippen LogP contribution in [0.4, 0.5) is 5.69 Å². The molecule has 0 spiro atoms. The maximum Gasteiger partial charge on any atom is 0.227 e. The number of benzene rings is 2. The van der Waals surface area contributed by atoms with Gasteiger partial charge in [-0.15, -0.1) is 0 Å². The van der Waals surface area contributed by atoms with Crippen molar-refractivity contribution in [3.8, 4) is 11.4 Å². The summed E-state index contributed by atoms with van der Waals surface area (Å²) in [7, 11) is 0. The summed E-state index contributed by atoms with van der Waals surface area (Å²) < 4.78 is 5.32. The lowest BCUT2D eigenvalue weighted by atomic mass is 10.1. The van der Waals surface area contributed by atoms with E-state index >= 15 is 0 Å². The topological polar surface area (TPSA) is 59.2 Å². The van der Waals surface area contributed by atoms with Gasteiger partial charge in [-0.2, -0.15) is 16.3 Å². The largest absolute Gasteiger partial charge is 0.339 e. The summed E-state index contributed by atoms with van der Waals surface area (Å²) in [4.78, 5) is 19.2. The van der Waals surface area contributed by atoms with E-state index in [1.54, 1.807) is 16.2 Å². The van der Waals surface area contributed by atoms with Gasteiger partial charge in [0.2, 0.25) is 17.6 Å². The van der Waals surface area contributed by atoms with Gasteiger partial charge in [0.15, 0.2) is 0 Å². The number of carbonyl (C=O) groups is 1. The predicted molar refractivity (Wildman–Crippen MR) is 110 cm³/mol. The lowest BCUT2D eigenvalue weighted by Crippen LogP contribution is -2.30. The van der Waals surface area contributed by atoms with Crippen molar-refractivity contribution in [1.29, 1.82) is 0 Å². The molecule has 0 atom stereocenters. The van der Waals surface area contributed by atoms with Gasteiger partial charge in [-0.05, 0) is 29.1 Å². The minimum atomic E-state index is 0.0188. The van der Waals surface area contributed by atoms with Gasteiger partial charge >= 0.3 is 0 Å². The van der Waals surface area contributed by atoms with E-state index in [1.807, 2.05) is 77.5 Å². The third-order valence-corrected chi connectivity index (χ3v) is 5.04. The first-order chi connectivity index (χ1) is 13.8. The van der Waals surface area contributed by atoms with Crippen LogP contribution >= 0.6 is 11.3 Å². The second-order valence-electron chi connectivity index (χ2n) is 6.32. The molecule has 0 radical (unpaired) electrons. The number of aryl methyl sites for hydroxylation is 1. The average Bonchev–Trinajstić information content (AvgIpc) is 3.43. The summed E-state index contributed by atoms with van der Waals surface area (Å²) in [6, 6.07) is 21.6. The smallest absolute Gasteiger partial charge is 0.227 e. The maximum atomic E-state index is 13.0. The van der Waals surface area contributed by atoms with E-state index in [4.69, 9.17) is 4.52 Å². The number of aromatic nitrogens is 2. The molecule has 0 N–H and O–H groups in total. The second kappa shape index (κ2) is 8.63. The van der Waals surface area contributed by atoms with Gasteiger partial charge in [-0.1, -0.05) is 53.7 Å². The molecule has 0 fully saturated rings. The summed E-state index contributed by atoms with van der Waals surface area (Å²) in [5, 5.41) is 7.94. The predicted octanol–water partition coefficient (Wildman–Crippen LogP) is 4.96. The molecule has 28 heavy (non-hydrogen) atoms. The first-order valence-corrected chi connectivity index (χ1v) is 9.98. The third-order valence-electron chi connectivity index (χ3n) is 4.35. The number of para-hydroxylation sites is 1. The molecule has 5 nitrogen and oxygen atoms in total. The van der Waals surface area contributed by atoms with Crippen molar-refractivity contribution in [1.82, 2.24) is 10.1 Å². The fraction of sp³-hybridized carbons (Fsp3) is 0.136. The van der Waals surface area contributed by atoms with Crippen LogP contribution in [-0.4, -0.2) is 16.0 Å². The van der Waals surface area contributed by atoms with E-state index in [0.29, 0.717) is 31.1 Å². The molecule has 1 amide bonds. The monoisotopic (exact) mass is 389 g/mol. The lowest BCUT2D eigenvalue weighted by molar-refractivity contribution is -0.118. The van der Waals surface area contributed by atoms with Gasteiger partial charge < -0.3 is 9.42 Å². The van der Waals surface area contributed by atoms with Crippen molar-refractivity contribution in [3.05, 3.63) is 88.9 Å². The molecule has 0 aliphatic rings. The van der Waals surface area contributed by atoms with Crippen LogP contribution in [0.2, 0.25) is 0 Å². The molecule has 0 saturated carbocycles. The highest BCUT2D eigenvalue weighted by Gasteiger charge is 2.18. The highest BCUT2D eigenvalue weighted by atomic mass is 32.1. The van der Waals surface area contributed by atoms with Crippen LogP contribution < -0.4 is 4.90 Å². The molecule has 0 saturated heterocycles. The van der Waals surface area contributed by atoms with Gasteiger partial charge in [-0.3, -0.25) is 4.79 Å².